The van der Waals surface area contributed by atoms with Crippen LogP contribution in [-0.2, 0) is 16.3 Å². The van der Waals surface area contributed by atoms with Gasteiger partial charge in [-0.15, -0.1) is 0 Å². The van der Waals surface area contributed by atoms with Crippen LogP contribution in [-0.4, -0.2) is 37.3 Å². The number of sulfone groups is 1. The number of methoxy groups -OCH3 is 2. The van der Waals surface area contributed by atoms with E-state index in [-0.39, 0.29) is 39.3 Å². The molecular formula is C28H26ClFN2O6S. The molecule has 0 fully saturated rings. The van der Waals surface area contributed by atoms with Gasteiger partial charge in [0.1, 0.15) is 28.8 Å². The van der Waals surface area contributed by atoms with E-state index in [1.54, 1.807) is 24.3 Å². The summed E-state index contributed by atoms with van der Waals surface area (Å²) in [7, 11) is -1.72. The molecule has 0 atom stereocenters. The Morgan fingerprint density at radius 3 is 2.18 bits per heavy atom. The van der Waals surface area contributed by atoms with Crippen LogP contribution < -0.4 is 15.0 Å². The third-order valence-electron chi connectivity index (χ3n) is 6.16. The lowest BCUT2D eigenvalue weighted by Gasteiger charge is -2.19. The smallest absolute Gasteiger partial charge is 0.281 e. The van der Waals surface area contributed by atoms with Crippen LogP contribution in [0.15, 0.2) is 75.2 Å². The molecule has 4 rings (SSSR count). The maximum atomic E-state index is 13.9. The Hall–Kier alpha value is -3.89. The highest BCUT2D eigenvalue weighted by atomic mass is 35.5. The Balaban J connectivity index is 1.91. The summed E-state index contributed by atoms with van der Waals surface area (Å²) >= 11 is 5.75. The standard InChI is InChI=1S/C28H26ClFN2O6S/c1-4-5-9-24-31-27(33)26(28(34)32(24)25-22(37-2)7-6-8-23(25)38-3)39(35,36)19-13-10-17(11-14-19)18-12-15-20(29)21(30)16-18/h6-8,10-16,33H,4-5,9H2,1-3H3. The molecule has 0 radical (unpaired) electrons. The predicted molar refractivity (Wildman–Crippen MR) is 146 cm³/mol. The van der Waals surface area contributed by atoms with E-state index in [1.165, 1.54) is 50.6 Å². The lowest BCUT2D eigenvalue weighted by Crippen LogP contribution is -2.29. The van der Waals surface area contributed by atoms with Gasteiger partial charge in [-0.1, -0.05) is 49.2 Å². The Kier molecular flexibility index (Phi) is 8.27. The van der Waals surface area contributed by atoms with Gasteiger partial charge in [0.25, 0.3) is 5.56 Å². The molecule has 3 aromatic carbocycles. The fourth-order valence-electron chi connectivity index (χ4n) is 4.18. The van der Waals surface area contributed by atoms with Crippen LogP contribution in [0.25, 0.3) is 16.8 Å². The first-order valence-corrected chi connectivity index (χ1v) is 13.9. The number of unbranched alkanes of at least 4 members (excludes halogenated alkanes) is 1. The fraction of sp³-hybridized carbons (Fsp3) is 0.214. The number of para-hydroxylation sites is 1. The van der Waals surface area contributed by atoms with Gasteiger partial charge in [-0.3, -0.25) is 9.36 Å². The van der Waals surface area contributed by atoms with Crippen LogP contribution in [0.3, 0.4) is 0 Å². The van der Waals surface area contributed by atoms with Crippen LogP contribution in [0, 0.1) is 5.82 Å². The number of rotatable bonds is 9. The molecule has 0 bridgehead atoms. The average molecular weight is 573 g/mol. The quantitative estimate of drug-likeness (QED) is 0.278. The molecule has 1 heterocycles. The summed E-state index contributed by atoms with van der Waals surface area (Å²) in [6, 6.07) is 14.6. The van der Waals surface area contributed by atoms with E-state index >= 15 is 0 Å². The lowest BCUT2D eigenvalue weighted by molar-refractivity contribution is 0.386. The summed E-state index contributed by atoms with van der Waals surface area (Å²) in [5, 5.41) is 10.7. The minimum absolute atomic E-state index is 0.0359. The highest BCUT2D eigenvalue weighted by Crippen LogP contribution is 2.34. The van der Waals surface area contributed by atoms with E-state index in [0.717, 1.165) is 11.0 Å². The van der Waals surface area contributed by atoms with E-state index in [4.69, 9.17) is 21.1 Å². The first kappa shape index (κ1) is 28.1. The van der Waals surface area contributed by atoms with E-state index in [1.807, 2.05) is 6.92 Å². The number of aryl methyl sites for hydroxylation is 1. The number of hydrogen-bond donors (Lipinski definition) is 1. The molecule has 0 unspecified atom stereocenters. The molecule has 204 valence electrons. The fourth-order valence-corrected chi connectivity index (χ4v) is 5.63. The molecule has 0 saturated heterocycles. The molecule has 0 aliphatic carbocycles. The summed E-state index contributed by atoms with van der Waals surface area (Å²) in [5.74, 6) is -0.854. The van der Waals surface area contributed by atoms with Crippen molar-refractivity contribution in [1.82, 2.24) is 9.55 Å². The van der Waals surface area contributed by atoms with Crippen LogP contribution in [0.1, 0.15) is 25.6 Å². The molecule has 0 aliphatic rings. The molecule has 0 aliphatic heterocycles. The van der Waals surface area contributed by atoms with Gasteiger partial charge >= 0.3 is 0 Å². The van der Waals surface area contributed by atoms with Gasteiger partial charge in [0, 0.05) is 6.42 Å². The molecule has 39 heavy (non-hydrogen) atoms. The van der Waals surface area contributed by atoms with Gasteiger partial charge in [0.05, 0.1) is 24.1 Å². The monoisotopic (exact) mass is 572 g/mol. The predicted octanol–water partition coefficient (Wildman–Crippen LogP) is 5.59. The highest BCUT2D eigenvalue weighted by Gasteiger charge is 2.31. The molecule has 0 spiro atoms. The van der Waals surface area contributed by atoms with E-state index in [0.29, 0.717) is 17.5 Å². The van der Waals surface area contributed by atoms with Crippen molar-refractivity contribution in [2.45, 2.75) is 36.0 Å². The van der Waals surface area contributed by atoms with Crippen molar-refractivity contribution < 1.29 is 27.4 Å². The first-order chi connectivity index (χ1) is 18.6. The number of ether oxygens (including phenoxy) is 2. The van der Waals surface area contributed by atoms with Gasteiger partial charge in [-0.25, -0.2) is 12.8 Å². The number of hydrogen-bond acceptors (Lipinski definition) is 7. The summed E-state index contributed by atoms with van der Waals surface area (Å²) in [5.41, 5.74) is 0.178. The van der Waals surface area contributed by atoms with Gasteiger partial charge in [0.2, 0.25) is 15.7 Å². The van der Waals surface area contributed by atoms with Crippen molar-refractivity contribution in [2.75, 3.05) is 14.2 Å². The molecule has 11 heteroatoms. The molecule has 1 aromatic heterocycles. The number of nitrogens with zero attached hydrogens (tertiary/aromatic N) is 2. The summed E-state index contributed by atoms with van der Waals surface area (Å²) in [4.78, 5) is 16.9. The zero-order chi connectivity index (χ0) is 28.3. The number of aromatic nitrogens is 2. The largest absolute Gasteiger partial charge is 0.494 e. The normalized spacial score (nSPS) is 11.4. The van der Waals surface area contributed by atoms with Crippen LogP contribution in [0.5, 0.6) is 17.4 Å². The van der Waals surface area contributed by atoms with Gasteiger partial charge in [-0.2, -0.15) is 4.98 Å². The zero-order valence-electron chi connectivity index (χ0n) is 21.4. The zero-order valence-corrected chi connectivity index (χ0v) is 23.0. The SMILES string of the molecule is CCCCc1nc(O)c(S(=O)(=O)c2ccc(-c3ccc(Cl)c(F)c3)cc2)c(=O)n1-c1c(OC)cccc1OC. The summed E-state index contributed by atoms with van der Waals surface area (Å²) in [6.45, 7) is 1.95. The Labute approximate surface area is 230 Å². The van der Waals surface area contributed by atoms with Crippen LogP contribution >= 0.6 is 11.6 Å². The van der Waals surface area contributed by atoms with E-state index in [9.17, 15) is 22.7 Å². The molecule has 4 aromatic rings. The Morgan fingerprint density at radius 1 is 1.00 bits per heavy atom. The molecule has 0 amide bonds. The van der Waals surface area contributed by atoms with Crippen molar-refractivity contribution in [3.8, 4) is 34.2 Å². The molecular weight excluding hydrogens is 547 g/mol. The minimum atomic E-state index is -4.54. The number of aromatic hydroxyl groups is 1. The first-order valence-electron chi connectivity index (χ1n) is 12.0. The van der Waals surface area contributed by atoms with Crippen molar-refractivity contribution >= 4 is 21.4 Å². The summed E-state index contributed by atoms with van der Waals surface area (Å²) in [6.07, 6.45) is 1.68. The second kappa shape index (κ2) is 11.5. The minimum Gasteiger partial charge on any atom is -0.494 e. The highest BCUT2D eigenvalue weighted by molar-refractivity contribution is 7.91. The molecule has 1 N–H and O–H groups in total. The third-order valence-corrected chi connectivity index (χ3v) is 8.25. The van der Waals surface area contributed by atoms with Crippen molar-refractivity contribution in [1.29, 1.82) is 0 Å². The molecule has 8 nitrogen and oxygen atoms in total. The lowest BCUT2D eigenvalue weighted by atomic mass is 10.1. The second-order valence-corrected chi connectivity index (χ2v) is 10.9. The van der Waals surface area contributed by atoms with Crippen molar-refractivity contribution in [3.63, 3.8) is 0 Å². The van der Waals surface area contributed by atoms with Gasteiger partial charge in [0.15, 0.2) is 4.90 Å². The topological polar surface area (TPSA) is 108 Å². The van der Waals surface area contributed by atoms with E-state index in [2.05, 4.69) is 4.98 Å². The number of halogens is 2. The van der Waals surface area contributed by atoms with Crippen molar-refractivity contribution in [3.05, 3.63) is 87.7 Å². The van der Waals surface area contributed by atoms with Crippen LogP contribution in [0.4, 0.5) is 4.39 Å². The van der Waals surface area contributed by atoms with E-state index < -0.39 is 32.0 Å². The third kappa shape index (κ3) is 5.35. The van der Waals surface area contributed by atoms with Crippen molar-refractivity contribution in [2.24, 2.45) is 0 Å². The maximum absolute atomic E-state index is 13.9. The number of benzene rings is 3. The maximum Gasteiger partial charge on any atom is 0.281 e. The van der Waals surface area contributed by atoms with Gasteiger partial charge in [-0.05, 0) is 53.9 Å². The Morgan fingerprint density at radius 2 is 1.62 bits per heavy atom. The Bertz CT molecular complexity index is 1670. The van der Waals surface area contributed by atoms with Crippen LogP contribution in [0.2, 0.25) is 5.02 Å². The average Bonchev–Trinajstić information content (AvgIpc) is 2.93. The summed E-state index contributed by atoms with van der Waals surface area (Å²) < 4.78 is 53.3. The second-order valence-electron chi connectivity index (χ2n) is 8.59. The van der Waals surface area contributed by atoms with Gasteiger partial charge < -0.3 is 14.6 Å². The molecule has 0 saturated carbocycles.